The van der Waals surface area contributed by atoms with Crippen molar-refractivity contribution in [3.63, 3.8) is 0 Å². The fourth-order valence-electron chi connectivity index (χ4n) is 1.54. The van der Waals surface area contributed by atoms with Gasteiger partial charge in [0.2, 0.25) is 5.91 Å². The number of nitrogens with zero attached hydrogens (tertiary/aromatic N) is 1. The Morgan fingerprint density at radius 2 is 2.00 bits per heavy atom. The van der Waals surface area contributed by atoms with E-state index in [2.05, 4.69) is 11.8 Å². The first-order chi connectivity index (χ1) is 9.00. The molecule has 0 aliphatic rings. The highest BCUT2D eigenvalue weighted by Gasteiger charge is 2.00. The summed E-state index contributed by atoms with van der Waals surface area (Å²) in [6, 6.07) is 7.32. The molecule has 0 bridgehead atoms. The van der Waals surface area contributed by atoms with Gasteiger partial charge in [-0.15, -0.1) is 0 Å². The summed E-state index contributed by atoms with van der Waals surface area (Å²) >= 11 is 0. The molecule has 19 heavy (non-hydrogen) atoms. The van der Waals surface area contributed by atoms with Crippen molar-refractivity contribution in [3.05, 3.63) is 35.4 Å². The quantitative estimate of drug-likeness (QED) is 0.472. The van der Waals surface area contributed by atoms with Crippen molar-refractivity contribution in [3.8, 4) is 11.8 Å². The van der Waals surface area contributed by atoms with E-state index in [0.29, 0.717) is 5.56 Å². The average molecular weight is 257 g/mol. The summed E-state index contributed by atoms with van der Waals surface area (Å²) in [6.07, 6.45) is 1.59. The Labute approximate surface area is 114 Å². The number of carbonyl (C=O) groups excluding carboxylic acids is 2. The summed E-state index contributed by atoms with van der Waals surface area (Å²) in [5.74, 6) is 6.22. The highest BCUT2D eigenvalue weighted by molar-refractivity contribution is 5.94. The molecular weight excluding hydrogens is 238 g/mol. The van der Waals surface area contributed by atoms with Crippen LogP contribution < -0.4 is 0 Å². The second-order valence-electron chi connectivity index (χ2n) is 4.48. The number of amides is 1. The molecule has 3 heteroatoms. The lowest BCUT2D eigenvalue weighted by molar-refractivity contribution is -0.127. The van der Waals surface area contributed by atoms with Crippen LogP contribution in [0.2, 0.25) is 0 Å². The molecule has 0 aromatic heterocycles. The summed E-state index contributed by atoms with van der Waals surface area (Å²) in [4.78, 5) is 23.9. The lowest BCUT2D eigenvalue weighted by Crippen LogP contribution is -2.24. The van der Waals surface area contributed by atoms with Crippen molar-refractivity contribution < 1.29 is 9.59 Å². The zero-order chi connectivity index (χ0) is 14.3. The largest absolute Gasteiger partial charge is 0.346 e. The lowest BCUT2D eigenvalue weighted by Gasteiger charge is -2.12. The van der Waals surface area contributed by atoms with Gasteiger partial charge in [0.25, 0.3) is 0 Å². The first-order valence-electron chi connectivity index (χ1n) is 6.32. The molecule has 0 atom stereocenters. The Morgan fingerprint density at radius 3 is 2.63 bits per heavy atom. The van der Waals surface area contributed by atoms with Gasteiger partial charge in [0.1, 0.15) is 0 Å². The van der Waals surface area contributed by atoms with E-state index in [9.17, 15) is 9.59 Å². The molecule has 1 amide bonds. The minimum absolute atomic E-state index is 0.0479. The number of unbranched alkanes of at least 4 members (excludes halogenated alkanes) is 1. The summed E-state index contributed by atoms with van der Waals surface area (Å²) in [6.45, 7) is 3.82. The van der Waals surface area contributed by atoms with Crippen LogP contribution >= 0.6 is 0 Å². The van der Waals surface area contributed by atoms with Gasteiger partial charge in [0.15, 0.2) is 5.78 Å². The van der Waals surface area contributed by atoms with Crippen LogP contribution in [-0.2, 0) is 4.79 Å². The second-order valence-corrected chi connectivity index (χ2v) is 4.48. The molecule has 0 unspecified atom stereocenters. The molecule has 0 spiro atoms. The van der Waals surface area contributed by atoms with Crippen molar-refractivity contribution in [2.24, 2.45) is 0 Å². The van der Waals surface area contributed by atoms with Crippen LogP contribution in [0.1, 0.15) is 42.6 Å². The van der Waals surface area contributed by atoms with Crippen LogP contribution in [0, 0.1) is 11.8 Å². The summed E-state index contributed by atoms with van der Waals surface area (Å²) < 4.78 is 0. The van der Waals surface area contributed by atoms with Crippen LogP contribution in [0.15, 0.2) is 24.3 Å². The van der Waals surface area contributed by atoms with Crippen LogP contribution in [-0.4, -0.2) is 30.2 Å². The van der Waals surface area contributed by atoms with E-state index in [0.717, 1.165) is 24.9 Å². The molecule has 0 aliphatic heterocycles. The summed E-state index contributed by atoms with van der Waals surface area (Å²) in [7, 11) is 1.78. The zero-order valence-electron chi connectivity index (χ0n) is 11.7. The van der Waals surface area contributed by atoms with Crippen LogP contribution in [0.25, 0.3) is 0 Å². The third-order valence-corrected chi connectivity index (χ3v) is 2.83. The van der Waals surface area contributed by atoms with E-state index in [1.54, 1.807) is 37.9 Å². The van der Waals surface area contributed by atoms with Crippen LogP contribution in [0.4, 0.5) is 0 Å². The van der Waals surface area contributed by atoms with Crippen molar-refractivity contribution in [2.45, 2.75) is 26.7 Å². The van der Waals surface area contributed by atoms with Gasteiger partial charge >= 0.3 is 0 Å². The molecule has 1 aromatic rings. The third kappa shape index (κ3) is 5.39. The Kier molecular flexibility index (Phi) is 5.81. The first kappa shape index (κ1) is 15.0. The maximum Gasteiger partial charge on any atom is 0.219 e. The van der Waals surface area contributed by atoms with Gasteiger partial charge in [-0.3, -0.25) is 9.59 Å². The van der Waals surface area contributed by atoms with Crippen molar-refractivity contribution in [1.29, 1.82) is 0 Å². The van der Waals surface area contributed by atoms with Crippen LogP contribution in [0.3, 0.4) is 0 Å². The Hall–Kier alpha value is -2.08. The van der Waals surface area contributed by atoms with Gasteiger partial charge in [-0.1, -0.05) is 24.0 Å². The molecule has 0 aliphatic carbocycles. The SMILES string of the molecule is CC(=O)c1cccc(C#CCCCN(C)C(C)=O)c1. The van der Waals surface area contributed by atoms with Crippen LogP contribution in [0.5, 0.6) is 0 Å². The number of ketones is 1. The number of carbonyl (C=O) groups is 2. The van der Waals surface area contributed by atoms with E-state index in [1.807, 2.05) is 12.1 Å². The highest BCUT2D eigenvalue weighted by Crippen LogP contribution is 2.04. The first-order valence-corrected chi connectivity index (χ1v) is 6.32. The van der Waals surface area contributed by atoms with Gasteiger partial charge < -0.3 is 4.90 Å². The number of Topliss-reactive ketones (excluding diaryl/α,β-unsaturated/α-hetero) is 1. The molecule has 0 radical (unpaired) electrons. The zero-order valence-corrected chi connectivity index (χ0v) is 11.7. The van der Waals surface area contributed by atoms with E-state index in [4.69, 9.17) is 0 Å². The molecule has 0 heterocycles. The van der Waals surface area contributed by atoms with Gasteiger partial charge in [-0.05, 0) is 25.5 Å². The van der Waals surface area contributed by atoms with E-state index >= 15 is 0 Å². The molecule has 0 saturated heterocycles. The van der Waals surface area contributed by atoms with Crippen molar-refractivity contribution in [1.82, 2.24) is 4.90 Å². The second kappa shape index (κ2) is 7.38. The number of benzene rings is 1. The summed E-state index contributed by atoms with van der Waals surface area (Å²) in [5, 5.41) is 0. The predicted octanol–water partition coefficient (Wildman–Crippen LogP) is 2.50. The lowest BCUT2D eigenvalue weighted by atomic mass is 10.1. The minimum atomic E-state index is 0.0479. The number of hydrogen-bond acceptors (Lipinski definition) is 2. The fourth-order valence-corrected chi connectivity index (χ4v) is 1.54. The van der Waals surface area contributed by atoms with Gasteiger partial charge in [0, 0.05) is 38.1 Å². The fraction of sp³-hybridized carbons (Fsp3) is 0.375. The van der Waals surface area contributed by atoms with Crippen molar-refractivity contribution in [2.75, 3.05) is 13.6 Å². The Morgan fingerprint density at radius 1 is 1.26 bits per heavy atom. The minimum Gasteiger partial charge on any atom is -0.346 e. The molecule has 3 nitrogen and oxygen atoms in total. The Balaban J connectivity index is 2.48. The maximum atomic E-state index is 11.2. The molecule has 0 fully saturated rings. The average Bonchev–Trinajstić information content (AvgIpc) is 2.38. The third-order valence-electron chi connectivity index (χ3n) is 2.83. The van der Waals surface area contributed by atoms with E-state index < -0.39 is 0 Å². The Bertz CT molecular complexity index is 523. The van der Waals surface area contributed by atoms with Gasteiger partial charge in [0.05, 0.1) is 0 Å². The molecule has 100 valence electrons. The van der Waals surface area contributed by atoms with E-state index in [1.165, 1.54) is 0 Å². The van der Waals surface area contributed by atoms with Crippen molar-refractivity contribution >= 4 is 11.7 Å². The molecule has 1 aromatic carbocycles. The molecule has 0 N–H and O–H groups in total. The predicted molar refractivity (Wildman–Crippen MR) is 75.9 cm³/mol. The van der Waals surface area contributed by atoms with Gasteiger partial charge in [-0.25, -0.2) is 0 Å². The normalized spacial score (nSPS) is 9.42. The molecule has 1 rings (SSSR count). The standard InChI is InChI=1S/C16H19NO2/c1-13(18)16-10-7-9-15(12-16)8-5-4-6-11-17(3)14(2)19/h7,9-10,12H,4,6,11H2,1-3H3. The maximum absolute atomic E-state index is 11.2. The highest BCUT2D eigenvalue weighted by atomic mass is 16.2. The molecular formula is C16H19NO2. The summed E-state index contributed by atoms with van der Waals surface area (Å²) in [5.41, 5.74) is 1.54. The smallest absolute Gasteiger partial charge is 0.219 e. The molecule has 0 saturated carbocycles. The topological polar surface area (TPSA) is 37.4 Å². The van der Waals surface area contributed by atoms with E-state index in [-0.39, 0.29) is 11.7 Å². The number of hydrogen-bond donors (Lipinski definition) is 0. The number of rotatable bonds is 4. The van der Waals surface area contributed by atoms with Gasteiger partial charge in [-0.2, -0.15) is 0 Å². The monoisotopic (exact) mass is 257 g/mol.